The number of rotatable bonds is 6. The van der Waals surface area contributed by atoms with E-state index in [4.69, 9.17) is 0 Å². The Kier molecular flexibility index (Phi) is 5.80. The Bertz CT molecular complexity index is 1100. The predicted octanol–water partition coefficient (Wildman–Crippen LogP) is 5.38. The monoisotopic (exact) mass is 394 g/mol. The van der Waals surface area contributed by atoms with Crippen molar-refractivity contribution >= 4 is 23.2 Å². The highest BCUT2D eigenvalue weighted by Crippen LogP contribution is 2.24. The first-order chi connectivity index (χ1) is 14.7. The highest BCUT2D eigenvalue weighted by atomic mass is 16.1. The number of nitrogens with one attached hydrogen (secondary N) is 1. The molecule has 148 valence electrons. The van der Waals surface area contributed by atoms with Gasteiger partial charge in [0.05, 0.1) is 12.1 Å². The molecule has 5 nitrogen and oxygen atoms in total. The Hall–Kier alpha value is -3.99. The van der Waals surface area contributed by atoms with E-state index in [-0.39, 0.29) is 5.91 Å². The van der Waals surface area contributed by atoms with E-state index in [1.165, 1.54) is 0 Å². The van der Waals surface area contributed by atoms with Gasteiger partial charge in [0.1, 0.15) is 0 Å². The largest absolute Gasteiger partial charge is 0.322 e. The van der Waals surface area contributed by atoms with Crippen molar-refractivity contribution in [2.24, 2.45) is 0 Å². The summed E-state index contributed by atoms with van der Waals surface area (Å²) < 4.78 is 0. The molecule has 0 atom stereocenters. The number of aryl methyl sites for hydroxylation is 1. The molecule has 4 aromatic rings. The van der Waals surface area contributed by atoms with Crippen molar-refractivity contribution in [1.82, 2.24) is 9.97 Å². The van der Waals surface area contributed by atoms with E-state index in [1.807, 2.05) is 84.6 Å². The van der Waals surface area contributed by atoms with E-state index >= 15 is 0 Å². The second-order valence-corrected chi connectivity index (χ2v) is 7.00. The zero-order valence-corrected chi connectivity index (χ0v) is 16.7. The lowest BCUT2D eigenvalue weighted by molar-refractivity contribution is 0.102. The average molecular weight is 394 g/mol. The maximum absolute atomic E-state index is 12.5. The van der Waals surface area contributed by atoms with Gasteiger partial charge in [-0.05, 0) is 36.8 Å². The Morgan fingerprint density at radius 2 is 1.43 bits per heavy atom. The molecule has 0 spiro atoms. The maximum atomic E-state index is 12.5. The fraction of sp³-hybridized carbons (Fsp3) is 0.0800. The van der Waals surface area contributed by atoms with Crippen LogP contribution in [0.25, 0.3) is 0 Å². The molecule has 30 heavy (non-hydrogen) atoms. The minimum Gasteiger partial charge on any atom is -0.322 e. The standard InChI is InChI=1S/C25H22N4O/c1-19-12-14-22(15-13-19)28-24(30)21-16-26-25(27-17-21)29(23-10-6-3-7-11-23)18-20-8-4-2-5-9-20/h2-17H,18H2,1H3,(H,28,30). The van der Waals surface area contributed by atoms with Gasteiger partial charge in [0.15, 0.2) is 0 Å². The molecule has 0 saturated heterocycles. The second kappa shape index (κ2) is 9.01. The van der Waals surface area contributed by atoms with Gasteiger partial charge in [-0.2, -0.15) is 0 Å². The van der Waals surface area contributed by atoms with E-state index in [1.54, 1.807) is 12.4 Å². The third-order valence-corrected chi connectivity index (χ3v) is 4.70. The lowest BCUT2D eigenvalue weighted by Gasteiger charge is -2.23. The number of hydrogen-bond donors (Lipinski definition) is 1. The highest BCUT2D eigenvalue weighted by molar-refractivity contribution is 6.03. The van der Waals surface area contributed by atoms with E-state index in [9.17, 15) is 4.79 Å². The smallest absolute Gasteiger partial charge is 0.258 e. The molecule has 1 aromatic heterocycles. The molecular formula is C25H22N4O. The molecular weight excluding hydrogens is 372 g/mol. The molecule has 0 unspecified atom stereocenters. The fourth-order valence-corrected chi connectivity index (χ4v) is 3.07. The molecule has 0 fully saturated rings. The number of benzene rings is 3. The van der Waals surface area contributed by atoms with Gasteiger partial charge < -0.3 is 10.2 Å². The number of carbonyl (C=O) groups excluding carboxylic acids is 1. The van der Waals surface area contributed by atoms with Crippen LogP contribution in [0.15, 0.2) is 97.3 Å². The minimum absolute atomic E-state index is 0.236. The van der Waals surface area contributed by atoms with Gasteiger partial charge in [-0.3, -0.25) is 4.79 Å². The summed E-state index contributed by atoms with van der Waals surface area (Å²) in [6, 6.07) is 27.8. The summed E-state index contributed by atoms with van der Waals surface area (Å²) in [5, 5.41) is 2.87. The zero-order chi connectivity index (χ0) is 20.8. The number of aromatic nitrogens is 2. The number of anilines is 3. The number of nitrogens with zero attached hydrogens (tertiary/aromatic N) is 3. The predicted molar refractivity (Wildman–Crippen MR) is 120 cm³/mol. The van der Waals surface area contributed by atoms with Gasteiger partial charge in [0, 0.05) is 23.8 Å². The molecule has 1 heterocycles. The van der Waals surface area contributed by atoms with Crippen LogP contribution in [0.4, 0.5) is 17.3 Å². The lowest BCUT2D eigenvalue weighted by Crippen LogP contribution is -2.20. The van der Waals surface area contributed by atoms with Gasteiger partial charge in [-0.25, -0.2) is 9.97 Å². The Labute approximate surface area is 176 Å². The molecule has 1 amide bonds. The van der Waals surface area contributed by atoms with Gasteiger partial charge in [-0.1, -0.05) is 66.2 Å². The normalized spacial score (nSPS) is 10.4. The molecule has 0 aliphatic carbocycles. The van der Waals surface area contributed by atoms with Crippen LogP contribution < -0.4 is 10.2 Å². The molecule has 0 radical (unpaired) electrons. The molecule has 0 saturated carbocycles. The third kappa shape index (κ3) is 4.70. The summed E-state index contributed by atoms with van der Waals surface area (Å²) in [6.07, 6.45) is 3.12. The van der Waals surface area contributed by atoms with Crippen molar-refractivity contribution in [2.45, 2.75) is 13.5 Å². The summed E-state index contributed by atoms with van der Waals surface area (Å²) >= 11 is 0. The Morgan fingerprint density at radius 3 is 2.07 bits per heavy atom. The minimum atomic E-state index is -0.236. The number of carbonyl (C=O) groups is 1. The zero-order valence-electron chi connectivity index (χ0n) is 16.7. The van der Waals surface area contributed by atoms with Crippen LogP contribution >= 0.6 is 0 Å². The molecule has 1 N–H and O–H groups in total. The SMILES string of the molecule is Cc1ccc(NC(=O)c2cnc(N(Cc3ccccc3)c3ccccc3)nc2)cc1. The second-order valence-electron chi connectivity index (χ2n) is 7.00. The summed E-state index contributed by atoms with van der Waals surface area (Å²) in [5.41, 5.74) is 4.42. The van der Waals surface area contributed by atoms with Crippen LogP contribution in [0.1, 0.15) is 21.5 Å². The van der Waals surface area contributed by atoms with Crippen molar-refractivity contribution in [3.05, 3.63) is 114 Å². The van der Waals surface area contributed by atoms with Gasteiger partial charge in [0.2, 0.25) is 5.95 Å². The molecule has 0 bridgehead atoms. The number of amides is 1. The van der Waals surface area contributed by atoms with Crippen molar-refractivity contribution < 1.29 is 4.79 Å². The molecule has 0 aliphatic heterocycles. The van der Waals surface area contributed by atoms with E-state index in [0.717, 1.165) is 22.5 Å². The Morgan fingerprint density at radius 1 is 0.833 bits per heavy atom. The topological polar surface area (TPSA) is 58.1 Å². The van der Waals surface area contributed by atoms with Crippen LogP contribution in [0.5, 0.6) is 0 Å². The van der Waals surface area contributed by atoms with Crippen LogP contribution in [-0.2, 0) is 6.54 Å². The first-order valence-corrected chi connectivity index (χ1v) is 9.75. The van der Waals surface area contributed by atoms with Crippen molar-refractivity contribution in [3.63, 3.8) is 0 Å². The van der Waals surface area contributed by atoms with Crippen LogP contribution in [0, 0.1) is 6.92 Å². The first kappa shape index (κ1) is 19.3. The van der Waals surface area contributed by atoms with Crippen LogP contribution in [-0.4, -0.2) is 15.9 Å². The molecule has 3 aromatic carbocycles. The summed E-state index contributed by atoms with van der Waals surface area (Å²) in [5.74, 6) is 0.302. The van der Waals surface area contributed by atoms with Gasteiger partial charge in [0.25, 0.3) is 5.91 Å². The summed E-state index contributed by atoms with van der Waals surface area (Å²) in [7, 11) is 0. The summed E-state index contributed by atoms with van der Waals surface area (Å²) in [4.78, 5) is 23.5. The quantitative estimate of drug-likeness (QED) is 0.477. The van der Waals surface area contributed by atoms with Gasteiger partial charge in [-0.15, -0.1) is 0 Å². The highest BCUT2D eigenvalue weighted by Gasteiger charge is 2.14. The van der Waals surface area contributed by atoms with E-state index in [2.05, 4.69) is 27.4 Å². The average Bonchev–Trinajstić information content (AvgIpc) is 2.80. The molecule has 0 aliphatic rings. The molecule has 5 heteroatoms. The number of hydrogen-bond acceptors (Lipinski definition) is 4. The van der Waals surface area contributed by atoms with Crippen LogP contribution in [0.3, 0.4) is 0 Å². The molecule has 4 rings (SSSR count). The Balaban J connectivity index is 1.56. The lowest BCUT2D eigenvalue weighted by atomic mass is 10.2. The van der Waals surface area contributed by atoms with Crippen molar-refractivity contribution in [1.29, 1.82) is 0 Å². The number of para-hydroxylation sites is 1. The van der Waals surface area contributed by atoms with Crippen molar-refractivity contribution in [2.75, 3.05) is 10.2 Å². The van der Waals surface area contributed by atoms with E-state index in [0.29, 0.717) is 18.1 Å². The van der Waals surface area contributed by atoms with Crippen LogP contribution in [0.2, 0.25) is 0 Å². The van der Waals surface area contributed by atoms with Crippen molar-refractivity contribution in [3.8, 4) is 0 Å². The first-order valence-electron chi connectivity index (χ1n) is 9.75. The van der Waals surface area contributed by atoms with E-state index < -0.39 is 0 Å². The fourth-order valence-electron chi connectivity index (χ4n) is 3.07. The summed E-state index contributed by atoms with van der Waals surface area (Å²) in [6.45, 7) is 2.63. The van der Waals surface area contributed by atoms with Gasteiger partial charge >= 0.3 is 0 Å². The maximum Gasteiger partial charge on any atom is 0.258 e. The third-order valence-electron chi connectivity index (χ3n) is 4.70.